The summed E-state index contributed by atoms with van der Waals surface area (Å²) in [5, 5.41) is 0.631. The summed E-state index contributed by atoms with van der Waals surface area (Å²) in [6.07, 6.45) is 7.15. The van der Waals surface area contributed by atoms with Crippen molar-refractivity contribution in [2.45, 2.75) is 0 Å². The van der Waals surface area contributed by atoms with E-state index in [1.807, 2.05) is 47.1 Å². The summed E-state index contributed by atoms with van der Waals surface area (Å²) in [6, 6.07) is 9.26. The van der Waals surface area contributed by atoms with Gasteiger partial charge in [0.1, 0.15) is 5.75 Å². The first-order valence-corrected chi connectivity index (χ1v) is 6.89. The van der Waals surface area contributed by atoms with Crippen LogP contribution >= 0.6 is 0 Å². The maximum Gasteiger partial charge on any atom is 0.197 e. The summed E-state index contributed by atoms with van der Waals surface area (Å²) in [4.78, 5) is 20.3. The molecule has 0 aliphatic heterocycles. The highest BCUT2D eigenvalue weighted by molar-refractivity contribution is 5.92. The monoisotopic (exact) mass is 291 g/mol. The van der Waals surface area contributed by atoms with Crippen molar-refractivity contribution in [2.75, 3.05) is 7.11 Å². The van der Waals surface area contributed by atoms with Crippen LogP contribution in [-0.2, 0) is 0 Å². The second-order valence-electron chi connectivity index (χ2n) is 5.02. The third-order valence-electron chi connectivity index (χ3n) is 3.81. The van der Waals surface area contributed by atoms with Gasteiger partial charge in [-0.3, -0.25) is 4.79 Å². The standard InChI is InChI=1S/C17H13N3O2/c1-22-12-4-2-11(3-5-12)14-10-19-15-13(16(14)21)6-8-20-9-7-18-17(15)20/h2-10H,1H3,(H,19,21). The molecule has 4 aromatic rings. The molecule has 0 atom stereocenters. The van der Waals surface area contributed by atoms with E-state index in [1.165, 1.54) is 0 Å². The third kappa shape index (κ3) is 1.79. The summed E-state index contributed by atoms with van der Waals surface area (Å²) >= 11 is 0. The van der Waals surface area contributed by atoms with Gasteiger partial charge in [-0.25, -0.2) is 4.98 Å². The van der Waals surface area contributed by atoms with E-state index >= 15 is 0 Å². The lowest BCUT2D eigenvalue weighted by Gasteiger charge is -2.06. The van der Waals surface area contributed by atoms with Crippen molar-refractivity contribution in [3.8, 4) is 16.9 Å². The van der Waals surface area contributed by atoms with Crippen molar-refractivity contribution in [3.05, 3.63) is 65.3 Å². The molecule has 0 fully saturated rings. The number of nitrogens with one attached hydrogen (secondary N) is 1. The number of benzene rings is 1. The number of pyridine rings is 2. The van der Waals surface area contributed by atoms with Gasteiger partial charge in [0.2, 0.25) is 0 Å². The normalized spacial score (nSPS) is 11.1. The average Bonchev–Trinajstić information content (AvgIpc) is 3.04. The highest BCUT2D eigenvalue weighted by atomic mass is 16.5. The van der Waals surface area contributed by atoms with Crippen molar-refractivity contribution in [1.82, 2.24) is 14.4 Å². The van der Waals surface area contributed by atoms with E-state index in [0.717, 1.165) is 22.5 Å². The maximum absolute atomic E-state index is 12.8. The first kappa shape index (κ1) is 12.6. The molecule has 0 radical (unpaired) electrons. The lowest BCUT2D eigenvalue weighted by atomic mass is 10.1. The quantitative estimate of drug-likeness (QED) is 0.618. The summed E-state index contributed by atoms with van der Waals surface area (Å²) in [5.74, 6) is 0.764. The van der Waals surface area contributed by atoms with Gasteiger partial charge in [0, 0.05) is 30.4 Å². The highest BCUT2D eigenvalue weighted by Crippen LogP contribution is 2.22. The molecule has 1 aromatic carbocycles. The molecular formula is C17H13N3O2. The molecule has 4 rings (SSSR count). The fourth-order valence-corrected chi connectivity index (χ4v) is 2.66. The number of rotatable bonds is 2. The van der Waals surface area contributed by atoms with E-state index in [9.17, 15) is 4.79 Å². The molecule has 108 valence electrons. The number of aromatic nitrogens is 3. The minimum atomic E-state index is -0.00980. The number of H-pyrrole nitrogens is 1. The predicted octanol–water partition coefficient (Wildman–Crippen LogP) is 2.85. The molecule has 0 aliphatic carbocycles. The Bertz CT molecular complexity index is 1030. The number of hydrogen-bond donors (Lipinski definition) is 1. The van der Waals surface area contributed by atoms with E-state index in [2.05, 4.69) is 9.97 Å². The van der Waals surface area contributed by atoms with Gasteiger partial charge in [-0.05, 0) is 23.8 Å². The van der Waals surface area contributed by atoms with Crippen LogP contribution in [0.2, 0.25) is 0 Å². The van der Waals surface area contributed by atoms with Crippen LogP contribution in [0, 0.1) is 0 Å². The number of ether oxygens (including phenoxy) is 1. The third-order valence-corrected chi connectivity index (χ3v) is 3.81. The Morgan fingerprint density at radius 2 is 1.95 bits per heavy atom. The van der Waals surface area contributed by atoms with Gasteiger partial charge in [-0.2, -0.15) is 0 Å². The average molecular weight is 291 g/mol. The Morgan fingerprint density at radius 3 is 2.73 bits per heavy atom. The van der Waals surface area contributed by atoms with Crippen LogP contribution in [0.3, 0.4) is 0 Å². The number of hydrogen-bond acceptors (Lipinski definition) is 3. The zero-order valence-electron chi connectivity index (χ0n) is 11.9. The van der Waals surface area contributed by atoms with Crippen LogP contribution in [0.5, 0.6) is 5.75 Å². The maximum atomic E-state index is 12.8. The van der Waals surface area contributed by atoms with Gasteiger partial charge in [0.05, 0.1) is 18.0 Å². The van der Waals surface area contributed by atoms with E-state index in [4.69, 9.17) is 4.74 Å². The van der Waals surface area contributed by atoms with Crippen molar-refractivity contribution >= 4 is 16.6 Å². The largest absolute Gasteiger partial charge is 0.497 e. The Balaban J connectivity index is 1.97. The van der Waals surface area contributed by atoms with Crippen LogP contribution in [0.4, 0.5) is 0 Å². The fourth-order valence-electron chi connectivity index (χ4n) is 2.66. The van der Waals surface area contributed by atoms with Gasteiger partial charge in [0.25, 0.3) is 0 Å². The van der Waals surface area contributed by atoms with E-state index in [-0.39, 0.29) is 5.43 Å². The molecule has 0 aliphatic rings. The van der Waals surface area contributed by atoms with Crippen LogP contribution in [0.25, 0.3) is 27.7 Å². The van der Waals surface area contributed by atoms with E-state index in [0.29, 0.717) is 10.9 Å². The molecular weight excluding hydrogens is 278 g/mol. The molecule has 5 heteroatoms. The van der Waals surface area contributed by atoms with Crippen molar-refractivity contribution in [1.29, 1.82) is 0 Å². The molecule has 22 heavy (non-hydrogen) atoms. The van der Waals surface area contributed by atoms with E-state index in [1.54, 1.807) is 19.5 Å². The molecule has 5 nitrogen and oxygen atoms in total. The lowest BCUT2D eigenvalue weighted by Crippen LogP contribution is -2.07. The number of nitrogens with zero attached hydrogens (tertiary/aromatic N) is 2. The minimum Gasteiger partial charge on any atom is -0.497 e. The molecule has 0 unspecified atom stereocenters. The summed E-state index contributed by atoms with van der Waals surface area (Å²) in [5.41, 5.74) is 2.97. The Kier molecular flexibility index (Phi) is 2.72. The summed E-state index contributed by atoms with van der Waals surface area (Å²) in [6.45, 7) is 0. The van der Waals surface area contributed by atoms with Gasteiger partial charge < -0.3 is 14.1 Å². The first-order chi connectivity index (χ1) is 10.8. The second-order valence-corrected chi connectivity index (χ2v) is 5.02. The van der Waals surface area contributed by atoms with Gasteiger partial charge in [-0.1, -0.05) is 12.1 Å². The van der Waals surface area contributed by atoms with Crippen LogP contribution < -0.4 is 10.2 Å². The fraction of sp³-hybridized carbons (Fsp3) is 0.0588. The van der Waals surface area contributed by atoms with E-state index < -0.39 is 0 Å². The zero-order valence-corrected chi connectivity index (χ0v) is 11.9. The van der Waals surface area contributed by atoms with Crippen molar-refractivity contribution in [2.24, 2.45) is 0 Å². The zero-order chi connectivity index (χ0) is 15.1. The molecule has 0 bridgehead atoms. The highest BCUT2D eigenvalue weighted by Gasteiger charge is 2.10. The van der Waals surface area contributed by atoms with Crippen molar-refractivity contribution in [3.63, 3.8) is 0 Å². The van der Waals surface area contributed by atoms with Crippen LogP contribution in [-0.4, -0.2) is 21.5 Å². The molecule has 0 amide bonds. The Morgan fingerprint density at radius 1 is 1.14 bits per heavy atom. The van der Waals surface area contributed by atoms with Crippen LogP contribution in [0.15, 0.2) is 59.9 Å². The molecule has 1 N–H and O–H groups in total. The number of aromatic amines is 1. The summed E-state index contributed by atoms with van der Waals surface area (Å²) < 4.78 is 7.03. The molecule has 0 saturated heterocycles. The topological polar surface area (TPSA) is 59.4 Å². The lowest BCUT2D eigenvalue weighted by molar-refractivity contribution is 0.415. The van der Waals surface area contributed by atoms with Gasteiger partial charge in [0.15, 0.2) is 11.1 Å². The minimum absolute atomic E-state index is 0.00980. The molecule has 3 aromatic heterocycles. The Hall–Kier alpha value is -3.08. The molecule has 0 saturated carbocycles. The number of imidazole rings is 1. The summed E-state index contributed by atoms with van der Waals surface area (Å²) in [7, 11) is 1.62. The van der Waals surface area contributed by atoms with Gasteiger partial charge >= 0.3 is 0 Å². The number of methoxy groups -OCH3 is 1. The Labute approximate surface area is 125 Å². The van der Waals surface area contributed by atoms with Crippen molar-refractivity contribution < 1.29 is 4.74 Å². The van der Waals surface area contributed by atoms with Gasteiger partial charge in [-0.15, -0.1) is 0 Å². The van der Waals surface area contributed by atoms with Crippen LogP contribution in [0.1, 0.15) is 0 Å². The first-order valence-electron chi connectivity index (χ1n) is 6.89. The predicted molar refractivity (Wildman–Crippen MR) is 85.3 cm³/mol. The number of fused-ring (bicyclic) bond motifs is 3. The SMILES string of the molecule is COc1ccc(-c2c[nH]c3c(ccn4ccnc34)c2=O)cc1. The smallest absolute Gasteiger partial charge is 0.197 e. The molecule has 0 spiro atoms. The second kappa shape index (κ2) is 4.73. The molecule has 3 heterocycles.